The van der Waals surface area contributed by atoms with Crippen molar-refractivity contribution in [3.8, 4) is 5.88 Å². The molecule has 0 aliphatic carbocycles. The maximum atomic E-state index is 12.1. The summed E-state index contributed by atoms with van der Waals surface area (Å²) in [6, 6.07) is 3.88. The Kier molecular flexibility index (Phi) is 4.97. The van der Waals surface area contributed by atoms with Crippen LogP contribution < -0.4 is 4.74 Å². The molecule has 0 radical (unpaired) electrons. The van der Waals surface area contributed by atoms with Gasteiger partial charge in [-0.25, -0.2) is 4.98 Å². The Labute approximate surface area is 115 Å². The van der Waals surface area contributed by atoms with Crippen LogP contribution in [0.25, 0.3) is 0 Å². The van der Waals surface area contributed by atoms with Crippen molar-refractivity contribution in [1.82, 2.24) is 9.88 Å². The van der Waals surface area contributed by atoms with Crippen LogP contribution in [0.2, 0.25) is 0 Å². The van der Waals surface area contributed by atoms with Crippen LogP contribution in [-0.2, 0) is 0 Å². The van der Waals surface area contributed by atoms with Gasteiger partial charge in [-0.2, -0.15) is 0 Å². The number of aromatic nitrogens is 1. The van der Waals surface area contributed by atoms with Crippen molar-refractivity contribution >= 4 is 22.6 Å². The molecule has 0 amide bonds. The molecule has 1 aliphatic rings. The Balaban J connectivity index is 1.79. The Morgan fingerprint density at radius 3 is 3.12 bits per heavy atom. The van der Waals surface area contributed by atoms with Crippen LogP contribution in [0.15, 0.2) is 18.3 Å². The summed E-state index contributed by atoms with van der Waals surface area (Å²) in [4.78, 5) is 6.47. The molecule has 94 valence electrons. The topological polar surface area (TPSA) is 25.4 Å². The molecule has 0 aromatic carbocycles. The molecule has 3 nitrogen and oxygen atoms in total. The molecule has 1 unspecified atom stereocenters. The van der Waals surface area contributed by atoms with Gasteiger partial charge < -0.3 is 4.74 Å². The lowest BCUT2D eigenvalue weighted by Gasteiger charge is -2.15. The zero-order valence-electron chi connectivity index (χ0n) is 9.61. The summed E-state index contributed by atoms with van der Waals surface area (Å²) in [6.07, 6.45) is 3.61. The van der Waals surface area contributed by atoms with Gasteiger partial charge in [-0.15, -0.1) is 0 Å². The van der Waals surface area contributed by atoms with E-state index in [1.54, 1.807) is 6.20 Å². The third-order valence-electron chi connectivity index (χ3n) is 2.82. The monoisotopic (exact) mass is 350 g/mol. The molecule has 17 heavy (non-hydrogen) atoms. The average molecular weight is 350 g/mol. The van der Waals surface area contributed by atoms with E-state index in [1.807, 2.05) is 12.1 Å². The predicted octanol–water partition coefficient (Wildman–Crippen LogP) is 2.50. The number of nitrogens with zero attached hydrogens (tertiary/aromatic N) is 2. The van der Waals surface area contributed by atoms with Crippen LogP contribution in [0.3, 0.4) is 0 Å². The number of hydrogen-bond donors (Lipinski definition) is 0. The molecule has 2 heterocycles. The number of ether oxygens (including phenoxy) is 1. The molecule has 0 N–H and O–H groups in total. The van der Waals surface area contributed by atoms with Gasteiger partial charge in [0.2, 0.25) is 5.88 Å². The van der Waals surface area contributed by atoms with Crippen molar-refractivity contribution in [2.75, 3.05) is 26.3 Å². The number of halogens is 2. The summed E-state index contributed by atoms with van der Waals surface area (Å²) in [5, 5.41) is 0. The molecule has 1 fully saturated rings. The van der Waals surface area contributed by atoms with Crippen LogP contribution in [0.1, 0.15) is 12.8 Å². The zero-order chi connectivity index (χ0) is 12.1. The summed E-state index contributed by atoms with van der Waals surface area (Å²) in [5.41, 5.74) is 0. The predicted molar refractivity (Wildman–Crippen MR) is 73.0 cm³/mol. The lowest BCUT2D eigenvalue weighted by atomic mass is 10.3. The van der Waals surface area contributed by atoms with Crippen LogP contribution >= 0.6 is 22.6 Å². The van der Waals surface area contributed by atoms with Crippen LogP contribution in [0, 0.1) is 3.57 Å². The van der Waals surface area contributed by atoms with E-state index in [9.17, 15) is 4.39 Å². The molecule has 2 rings (SSSR count). The highest BCUT2D eigenvalue weighted by molar-refractivity contribution is 14.1. The molecule has 1 aromatic rings. The smallest absolute Gasteiger partial charge is 0.213 e. The first-order valence-electron chi connectivity index (χ1n) is 5.84. The fourth-order valence-electron chi connectivity index (χ4n) is 1.98. The van der Waals surface area contributed by atoms with Gasteiger partial charge in [0.05, 0.1) is 6.67 Å². The first-order valence-corrected chi connectivity index (χ1v) is 6.92. The van der Waals surface area contributed by atoms with E-state index in [-0.39, 0.29) is 12.8 Å². The number of hydrogen-bond acceptors (Lipinski definition) is 3. The van der Waals surface area contributed by atoms with E-state index in [4.69, 9.17) is 4.74 Å². The van der Waals surface area contributed by atoms with Gasteiger partial charge in [-0.1, -0.05) is 0 Å². The minimum atomic E-state index is -0.235. The highest BCUT2D eigenvalue weighted by atomic mass is 127. The van der Waals surface area contributed by atoms with E-state index in [2.05, 4.69) is 32.5 Å². The lowest BCUT2D eigenvalue weighted by Crippen LogP contribution is -2.26. The SMILES string of the molecule is FCCCN1CCC(Oc2ccc(I)cn2)C1. The maximum absolute atomic E-state index is 12.1. The van der Waals surface area contributed by atoms with Gasteiger partial charge >= 0.3 is 0 Å². The second kappa shape index (κ2) is 6.49. The van der Waals surface area contributed by atoms with Gasteiger partial charge in [0, 0.05) is 35.5 Å². The zero-order valence-corrected chi connectivity index (χ0v) is 11.8. The van der Waals surface area contributed by atoms with Gasteiger partial charge in [-0.3, -0.25) is 9.29 Å². The number of pyridine rings is 1. The highest BCUT2D eigenvalue weighted by Gasteiger charge is 2.23. The highest BCUT2D eigenvalue weighted by Crippen LogP contribution is 2.17. The van der Waals surface area contributed by atoms with E-state index in [0.717, 1.165) is 29.6 Å². The summed E-state index contributed by atoms with van der Waals surface area (Å²) in [7, 11) is 0. The van der Waals surface area contributed by atoms with E-state index in [0.29, 0.717) is 12.3 Å². The van der Waals surface area contributed by atoms with Crippen molar-refractivity contribution in [2.45, 2.75) is 18.9 Å². The third-order valence-corrected chi connectivity index (χ3v) is 3.46. The summed E-state index contributed by atoms with van der Waals surface area (Å²) < 4.78 is 19.0. The second-order valence-corrected chi connectivity index (χ2v) is 5.43. The normalized spacial score (nSPS) is 20.7. The standard InChI is InChI=1S/C12H16FIN2O/c13-5-1-6-16-7-4-11(9-16)17-12-3-2-10(14)8-15-12/h2-3,8,11H,1,4-7,9H2. The van der Waals surface area contributed by atoms with Crippen LogP contribution in [-0.4, -0.2) is 42.3 Å². The molecular weight excluding hydrogens is 334 g/mol. The van der Waals surface area contributed by atoms with Crippen molar-refractivity contribution in [3.63, 3.8) is 0 Å². The van der Waals surface area contributed by atoms with Gasteiger partial charge in [-0.05, 0) is 41.5 Å². The molecule has 5 heteroatoms. The summed E-state index contributed by atoms with van der Waals surface area (Å²) >= 11 is 2.22. The molecular formula is C12H16FIN2O. The van der Waals surface area contributed by atoms with Gasteiger partial charge in [0.1, 0.15) is 6.10 Å². The van der Waals surface area contributed by atoms with Crippen LogP contribution in [0.4, 0.5) is 4.39 Å². The minimum Gasteiger partial charge on any atom is -0.473 e. The number of rotatable bonds is 5. The fraction of sp³-hybridized carbons (Fsp3) is 0.583. The minimum absolute atomic E-state index is 0.196. The quantitative estimate of drug-likeness (QED) is 0.763. The number of alkyl halides is 1. The van der Waals surface area contributed by atoms with Gasteiger partial charge in [0.25, 0.3) is 0 Å². The Morgan fingerprint density at radius 2 is 2.41 bits per heavy atom. The van der Waals surface area contributed by atoms with E-state index < -0.39 is 0 Å². The van der Waals surface area contributed by atoms with Gasteiger partial charge in [0.15, 0.2) is 0 Å². The molecule has 1 aliphatic heterocycles. The van der Waals surface area contributed by atoms with Crippen molar-refractivity contribution in [1.29, 1.82) is 0 Å². The fourth-order valence-corrected chi connectivity index (χ4v) is 2.30. The Bertz CT molecular complexity index is 347. The second-order valence-electron chi connectivity index (χ2n) is 4.19. The van der Waals surface area contributed by atoms with Crippen molar-refractivity contribution < 1.29 is 9.13 Å². The van der Waals surface area contributed by atoms with Crippen molar-refractivity contribution in [3.05, 3.63) is 21.9 Å². The average Bonchev–Trinajstić information content (AvgIpc) is 2.77. The third kappa shape index (κ3) is 4.06. The molecule has 0 spiro atoms. The first-order chi connectivity index (χ1) is 8.28. The molecule has 1 aromatic heterocycles. The van der Waals surface area contributed by atoms with E-state index >= 15 is 0 Å². The molecule has 1 saturated heterocycles. The Morgan fingerprint density at radius 1 is 1.53 bits per heavy atom. The largest absolute Gasteiger partial charge is 0.473 e. The van der Waals surface area contributed by atoms with E-state index in [1.165, 1.54) is 0 Å². The summed E-state index contributed by atoms with van der Waals surface area (Å²) in [5.74, 6) is 0.683. The lowest BCUT2D eigenvalue weighted by molar-refractivity contribution is 0.191. The van der Waals surface area contributed by atoms with Crippen LogP contribution in [0.5, 0.6) is 5.88 Å². The maximum Gasteiger partial charge on any atom is 0.213 e. The Hall–Kier alpha value is -0.430. The molecule has 1 atom stereocenters. The molecule has 0 saturated carbocycles. The van der Waals surface area contributed by atoms with Crippen molar-refractivity contribution in [2.24, 2.45) is 0 Å². The molecule has 0 bridgehead atoms. The first kappa shape index (κ1) is 13.0. The number of likely N-dealkylation sites (tertiary alicyclic amines) is 1. The summed E-state index contributed by atoms with van der Waals surface area (Å²) in [6.45, 7) is 2.47.